The first-order chi connectivity index (χ1) is 12.5. The minimum absolute atomic E-state index is 0.0473. The SMILES string of the molecule is C=C(C)C(=O)OCCN.C=C(C)C(=O)OCCO.C=C(CCCC)C(=O)O. The van der Waals surface area contributed by atoms with E-state index >= 15 is 0 Å². The highest BCUT2D eigenvalue weighted by molar-refractivity contribution is 5.87. The highest BCUT2D eigenvalue weighted by Gasteiger charge is 2.01. The summed E-state index contributed by atoms with van der Waals surface area (Å²) in [5, 5.41) is 16.5. The molecular weight excluding hydrogens is 354 g/mol. The number of nitrogens with two attached hydrogens (primary N) is 1. The van der Waals surface area contributed by atoms with Crippen LogP contribution in [0.15, 0.2) is 36.5 Å². The molecule has 0 aliphatic carbocycles. The second-order valence-corrected chi connectivity index (χ2v) is 5.36. The van der Waals surface area contributed by atoms with Crippen LogP contribution in [0.4, 0.5) is 0 Å². The summed E-state index contributed by atoms with van der Waals surface area (Å²) < 4.78 is 9.05. The normalized spacial score (nSPS) is 8.78. The third-order valence-electron chi connectivity index (χ3n) is 2.51. The van der Waals surface area contributed by atoms with E-state index < -0.39 is 11.9 Å². The van der Waals surface area contributed by atoms with Gasteiger partial charge in [0.1, 0.15) is 13.2 Å². The number of aliphatic hydroxyl groups is 1. The quantitative estimate of drug-likeness (QED) is 0.382. The number of carbonyl (C=O) groups is 3. The molecule has 0 radical (unpaired) electrons. The summed E-state index contributed by atoms with van der Waals surface area (Å²) >= 11 is 0. The molecular formula is C19H33NO7. The van der Waals surface area contributed by atoms with Gasteiger partial charge in [-0.25, -0.2) is 14.4 Å². The Kier molecular flexibility index (Phi) is 21.6. The van der Waals surface area contributed by atoms with Gasteiger partial charge in [0.15, 0.2) is 0 Å². The van der Waals surface area contributed by atoms with E-state index in [2.05, 4.69) is 29.2 Å². The van der Waals surface area contributed by atoms with Gasteiger partial charge in [0, 0.05) is 23.3 Å². The number of unbranched alkanes of at least 4 members (excludes halogenated alkanes) is 1. The summed E-state index contributed by atoms with van der Waals surface area (Å²) in [6.45, 7) is 15.8. The molecule has 8 heteroatoms. The molecule has 0 heterocycles. The zero-order valence-corrected chi connectivity index (χ0v) is 16.6. The summed E-state index contributed by atoms with van der Waals surface area (Å²) in [6.07, 6.45) is 2.56. The van der Waals surface area contributed by atoms with Gasteiger partial charge in [0.25, 0.3) is 0 Å². The summed E-state index contributed by atoms with van der Waals surface area (Å²) in [7, 11) is 0. The number of hydrogen-bond acceptors (Lipinski definition) is 7. The maximum Gasteiger partial charge on any atom is 0.333 e. The maximum atomic E-state index is 10.5. The average molecular weight is 387 g/mol. The Morgan fingerprint density at radius 1 is 0.963 bits per heavy atom. The number of rotatable bonds is 10. The molecule has 0 saturated carbocycles. The van der Waals surface area contributed by atoms with E-state index in [0.717, 1.165) is 12.8 Å². The number of aliphatic carboxylic acids is 1. The lowest BCUT2D eigenvalue weighted by molar-refractivity contribution is -0.140. The Hall–Kier alpha value is -2.45. The second kappa shape index (κ2) is 19.9. The summed E-state index contributed by atoms with van der Waals surface area (Å²) in [5.74, 6) is -1.70. The molecule has 0 aliphatic heterocycles. The molecule has 0 aromatic rings. The smallest absolute Gasteiger partial charge is 0.333 e. The molecule has 0 rings (SSSR count). The van der Waals surface area contributed by atoms with E-state index in [4.69, 9.17) is 15.9 Å². The lowest BCUT2D eigenvalue weighted by atomic mass is 10.1. The third-order valence-corrected chi connectivity index (χ3v) is 2.51. The number of carbonyl (C=O) groups excluding carboxylic acids is 2. The van der Waals surface area contributed by atoms with Crippen LogP contribution in [0.2, 0.25) is 0 Å². The molecule has 27 heavy (non-hydrogen) atoms. The summed E-state index contributed by atoms with van der Waals surface area (Å²) in [6, 6.07) is 0. The highest BCUT2D eigenvalue weighted by atomic mass is 16.5. The van der Waals surface area contributed by atoms with Gasteiger partial charge in [-0.05, 0) is 26.7 Å². The van der Waals surface area contributed by atoms with Crippen molar-refractivity contribution in [1.82, 2.24) is 0 Å². The number of ether oxygens (including phenoxy) is 2. The summed E-state index contributed by atoms with van der Waals surface area (Å²) in [4.78, 5) is 31.1. The number of aliphatic hydroxyl groups excluding tert-OH is 1. The third kappa shape index (κ3) is 23.6. The van der Waals surface area contributed by atoms with Gasteiger partial charge in [-0.1, -0.05) is 33.1 Å². The van der Waals surface area contributed by atoms with E-state index in [1.165, 1.54) is 0 Å². The minimum atomic E-state index is -0.872. The van der Waals surface area contributed by atoms with Crippen LogP contribution in [-0.2, 0) is 23.9 Å². The van der Waals surface area contributed by atoms with Crippen molar-refractivity contribution in [3.8, 4) is 0 Å². The monoisotopic (exact) mass is 387 g/mol. The first-order valence-electron chi connectivity index (χ1n) is 8.42. The molecule has 156 valence electrons. The molecule has 0 amide bonds. The van der Waals surface area contributed by atoms with Gasteiger partial charge >= 0.3 is 17.9 Å². The van der Waals surface area contributed by atoms with Crippen molar-refractivity contribution in [2.24, 2.45) is 5.73 Å². The Labute approximate surface area is 161 Å². The zero-order valence-electron chi connectivity index (χ0n) is 16.6. The molecule has 8 nitrogen and oxygen atoms in total. The van der Waals surface area contributed by atoms with Gasteiger partial charge in [-0.2, -0.15) is 0 Å². The van der Waals surface area contributed by atoms with Crippen LogP contribution in [0, 0.1) is 0 Å². The van der Waals surface area contributed by atoms with Crippen molar-refractivity contribution < 1.29 is 34.1 Å². The molecule has 0 aromatic heterocycles. The fraction of sp³-hybridized carbons (Fsp3) is 0.526. The predicted molar refractivity (Wildman–Crippen MR) is 104 cm³/mol. The number of carboxylic acids is 1. The van der Waals surface area contributed by atoms with Crippen molar-refractivity contribution >= 4 is 17.9 Å². The van der Waals surface area contributed by atoms with Crippen LogP contribution < -0.4 is 5.73 Å². The van der Waals surface area contributed by atoms with Crippen LogP contribution in [0.1, 0.15) is 40.0 Å². The molecule has 4 N–H and O–H groups in total. The second-order valence-electron chi connectivity index (χ2n) is 5.36. The largest absolute Gasteiger partial charge is 0.478 e. The molecule has 0 saturated heterocycles. The topological polar surface area (TPSA) is 136 Å². The lowest BCUT2D eigenvalue weighted by Crippen LogP contribution is -2.13. The molecule has 0 aliphatic rings. The Morgan fingerprint density at radius 3 is 1.70 bits per heavy atom. The number of carboxylic acid groups (broad SMARTS) is 1. The van der Waals surface area contributed by atoms with Crippen LogP contribution in [0.3, 0.4) is 0 Å². The fourth-order valence-corrected chi connectivity index (χ4v) is 1.03. The van der Waals surface area contributed by atoms with Crippen LogP contribution in [0.5, 0.6) is 0 Å². The van der Waals surface area contributed by atoms with Crippen LogP contribution in [-0.4, -0.2) is 54.5 Å². The van der Waals surface area contributed by atoms with Gasteiger partial charge in [-0.15, -0.1) is 0 Å². The molecule has 0 fully saturated rings. The fourth-order valence-electron chi connectivity index (χ4n) is 1.03. The van der Waals surface area contributed by atoms with Gasteiger partial charge in [-0.3, -0.25) is 0 Å². The molecule has 0 unspecified atom stereocenters. The minimum Gasteiger partial charge on any atom is -0.478 e. The summed E-state index contributed by atoms with van der Waals surface area (Å²) in [5.41, 5.74) is 6.14. The van der Waals surface area contributed by atoms with E-state index in [1.54, 1.807) is 13.8 Å². The molecule has 0 aromatic carbocycles. The predicted octanol–water partition coefficient (Wildman–Crippen LogP) is 1.98. The van der Waals surface area contributed by atoms with Crippen molar-refractivity contribution in [3.63, 3.8) is 0 Å². The van der Waals surface area contributed by atoms with Gasteiger partial charge in [0.05, 0.1) is 6.61 Å². The van der Waals surface area contributed by atoms with E-state index in [9.17, 15) is 14.4 Å². The first-order valence-corrected chi connectivity index (χ1v) is 8.42. The van der Waals surface area contributed by atoms with Crippen LogP contribution in [0.25, 0.3) is 0 Å². The molecule has 0 spiro atoms. The number of esters is 2. The average Bonchev–Trinajstić information content (AvgIpc) is 2.62. The highest BCUT2D eigenvalue weighted by Crippen LogP contribution is 2.03. The van der Waals surface area contributed by atoms with Gasteiger partial charge < -0.3 is 25.4 Å². The molecule has 0 bridgehead atoms. The van der Waals surface area contributed by atoms with Gasteiger partial charge in [0.2, 0.25) is 0 Å². The molecule has 0 atom stereocenters. The lowest BCUT2D eigenvalue weighted by Gasteiger charge is -1.99. The Balaban J connectivity index is -0.000000320. The van der Waals surface area contributed by atoms with Crippen molar-refractivity contribution in [2.45, 2.75) is 40.0 Å². The maximum absolute atomic E-state index is 10.5. The first kappa shape index (κ1) is 29.3. The van der Waals surface area contributed by atoms with Crippen molar-refractivity contribution in [2.75, 3.05) is 26.4 Å². The number of hydrogen-bond donors (Lipinski definition) is 3. The zero-order chi connectivity index (χ0) is 21.8. The van der Waals surface area contributed by atoms with Crippen molar-refractivity contribution in [3.05, 3.63) is 36.5 Å². The van der Waals surface area contributed by atoms with E-state index in [1.807, 2.05) is 6.92 Å². The Bertz CT molecular complexity index is 427. The van der Waals surface area contributed by atoms with E-state index in [0.29, 0.717) is 29.7 Å². The van der Waals surface area contributed by atoms with Crippen LogP contribution >= 0.6 is 0 Å². The standard InChI is InChI=1S/C7H12O2.C6H11NO2.C6H10O3/c1-3-4-5-6(2)7(8)9;2*1-5(2)6(8)9-4-3-7/h2-5H2,1H3,(H,8,9);1,3-4,7H2,2H3;7H,1,3-4H2,2H3. The Morgan fingerprint density at radius 2 is 1.41 bits per heavy atom. The van der Waals surface area contributed by atoms with E-state index in [-0.39, 0.29) is 25.8 Å². The van der Waals surface area contributed by atoms with Crippen molar-refractivity contribution in [1.29, 1.82) is 0 Å².